The van der Waals surface area contributed by atoms with Gasteiger partial charge in [-0.2, -0.15) is 0 Å². The maximum atomic E-state index is 11.5. The van der Waals surface area contributed by atoms with Gasteiger partial charge in [0.15, 0.2) is 0 Å². The minimum Gasteiger partial charge on any atom is -1.00 e. The quantitative estimate of drug-likeness (QED) is 0.195. The van der Waals surface area contributed by atoms with Crippen LogP contribution in [-0.2, 0) is 19.7 Å². The molecule has 0 saturated carbocycles. The normalized spacial score (nSPS) is 18.3. The molecule has 4 heterocycles. The molecule has 4 aliphatic rings. The van der Waals surface area contributed by atoms with Crippen molar-refractivity contribution in [3.05, 3.63) is 35.9 Å². The summed E-state index contributed by atoms with van der Waals surface area (Å²) < 4.78 is 10.1. The molecule has 5 rings (SSSR count). The number of morpholine rings is 1. The molecule has 0 spiro atoms. The number of likely N-dealkylation sites (N-methyl/N-ethyl adjacent to an activating group) is 1. The van der Waals surface area contributed by atoms with Gasteiger partial charge in [-0.1, -0.05) is 176 Å². The molecule has 1 atom stereocenters. The Kier molecular flexibility index (Phi) is 43.2. The Morgan fingerprint density at radius 3 is 1.25 bits per heavy atom. The predicted molar refractivity (Wildman–Crippen MR) is 349 cm³/mol. The molecular weight excluding hydrogens is 1010 g/mol. The summed E-state index contributed by atoms with van der Waals surface area (Å²) in [4.78, 5) is 27.6. The molecular formula is C69H142ClN7O3. The number of hydrogen-bond donors (Lipinski definition) is 1. The lowest BCUT2D eigenvalue weighted by Crippen LogP contribution is -3.05. The van der Waals surface area contributed by atoms with Gasteiger partial charge in [0.1, 0.15) is 6.04 Å². The average molecular weight is 1150 g/mol. The number of carbonyl (C=O) groups is 1. The first-order valence-corrected chi connectivity index (χ1v) is 31.8. The Morgan fingerprint density at radius 2 is 0.925 bits per heavy atom. The third-order valence-corrected chi connectivity index (χ3v) is 14.7. The number of hydrogen-bond acceptors (Lipinski definition) is 9. The molecule has 0 bridgehead atoms. The standard InChI is InChI=1S/C12H23NO2.C11H24N2.C10H21NO.C10H21N.C10H14.2C8H19N.ClH/c1-12(2,3)7-9-13-8-5-6-10(13)11(14)15-4;1-11(2,3)5-6-13-9-7-12(4)8-10-13;1-10(2,3)4-5-11-6-8-12-9-7-11;1-10(2,3)6-9-11-7-4-5-8-11;1-10(2,3)9-7-5-4-6-8-9;2*1-8(2,3)6-7-9(4)5;/h10H,5-9H2,1-4H3;5-10H2,1-4H3;4-9H2,1-3H3;4-9H2,1-3H3;4-8H,1-3H3;2*6-7H2,1-5H3;1H. The van der Waals surface area contributed by atoms with Gasteiger partial charge in [-0.15, -0.1) is 0 Å². The summed E-state index contributed by atoms with van der Waals surface area (Å²) in [6.45, 7) is 68.0. The molecule has 1 aromatic rings. The summed E-state index contributed by atoms with van der Waals surface area (Å²) in [6.07, 6.45) is 12.6. The van der Waals surface area contributed by atoms with Crippen molar-refractivity contribution in [2.24, 2.45) is 32.5 Å². The lowest BCUT2D eigenvalue weighted by atomic mass is 9.87. The van der Waals surface area contributed by atoms with Crippen molar-refractivity contribution < 1.29 is 31.6 Å². The van der Waals surface area contributed by atoms with E-state index in [-0.39, 0.29) is 24.4 Å². The third kappa shape index (κ3) is 54.6. The molecule has 10 nitrogen and oxygen atoms in total. The molecule has 0 aromatic heterocycles. The molecule has 4 aliphatic heterocycles. The first-order chi connectivity index (χ1) is 36.0. The lowest BCUT2D eigenvalue weighted by molar-refractivity contribution is -0.859. The van der Waals surface area contributed by atoms with Crippen molar-refractivity contribution in [3.8, 4) is 0 Å². The molecule has 1 N–H and O–H groups in total. The molecule has 478 valence electrons. The number of halogens is 1. The van der Waals surface area contributed by atoms with Gasteiger partial charge < -0.3 is 46.4 Å². The van der Waals surface area contributed by atoms with E-state index in [4.69, 9.17) is 9.47 Å². The zero-order valence-electron chi connectivity index (χ0n) is 58.8. The van der Waals surface area contributed by atoms with Gasteiger partial charge in [0, 0.05) is 45.7 Å². The molecule has 0 radical (unpaired) electrons. The summed E-state index contributed by atoms with van der Waals surface area (Å²) in [5.74, 6) is -0.0681. The number of rotatable bonds is 13. The highest BCUT2D eigenvalue weighted by Gasteiger charge is 2.32. The van der Waals surface area contributed by atoms with Crippen LogP contribution < -0.4 is 17.3 Å². The first-order valence-electron chi connectivity index (χ1n) is 31.8. The second-order valence-electron chi connectivity index (χ2n) is 32.6. The van der Waals surface area contributed by atoms with Crippen LogP contribution in [0.5, 0.6) is 0 Å². The highest BCUT2D eigenvalue weighted by molar-refractivity contribution is 5.75. The molecule has 4 fully saturated rings. The fraction of sp³-hybridized carbons (Fsp3) is 0.899. The number of nitrogens with zero attached hydrogens (tertiary/aromatic N) is 6. The van der Waals surface area contributed by atoms with E-state index in [1.807, 2.05) is 0 Å². The second-order valence-corrected chi connectivity index (χ2v) is 32.6. The first kappa shape index (κ1) is 82.9. The molecule has 11 heteroatoms. The SMILES string of the molecule is CC(C)(C)CCN1CCCC1.CC(C)(C)CCN1CCOCC1.CC(C)(C)c1ccccc1.CN(C)CCC(C)(C)C.CN1CCN(CCC(C)(C)C)CC1.COC(=O)C1CCCN1CCC(C)(C)C.C[NH+](C)CCC(C)(C)C.[Cl-]. The molecule has 80 heavy (non-hydrogen) atoms. The van der Waals surface area contributed by atoms with Crippen LogP contribution in [0.15, 0.2) is 30.3 Å². The maximum absolute atomic E-state index is 11.5. The molecule has 0 aliphatic carbocycles. The van der Waals surface area contributed by atoms with Gasteiger partial charge >= 0.3 is 5.97 Å². The molecule has 1 aromatic carbocycles. The fourth-order valence-corrected chi connectivity index (χ4v) is 8.48. The van der Waals surface area contributed by atoms with Gasteiger partial charge in [-0.05, 0) is 175 Å². The minimum absolute atomic E-state index is 0. The van der Waals surface area contributed by atoms with Crippen LogP contribution in [0.2, 0.25) is 0 Å². The van der Waals surface area contributed by atoms with Crippen molar-refractivity contribution in [1.82, 2.24) is 29.4 Å². The van der Waals surface area contributed by atoms with Crippen molar-refractivity contribution in [3.63, 3.8) is 0 Å². The van der Waals surface area contributed by atoms with Gasteiger partial charge in [0.2, 0.25) is 0 Å². The molecule has 0 amide bonds. The third-order valence-electron chi connectivity index (χ3n) is 14.7. The lowest BCUT2D eigenvalue weighted by Gasteiger charge is -2.33. The predicted octanol–water partition coefficient (Wildman–Crippen LogP) is 10.5. The van der Waals surface area contributed by atoms with Crippen molar-refractivity contribution in [1.29, 1.82) is 0 Å². The number of piperazine rings is 1. The van der Waals surface area contributed by atoms with Crippen LogP contribution in [0.3, 0.4) is 0 Å². The topological polar surface area (TPSA) is 59.4 Å². The van der Waals surface area contributed by atoms with Crippen LogP contribution in [-0.4, -0.2) is 195 Å². The number of ether oxygens (including phenoxy) is 2. The van der Waals surface area contributed by atoms with E-state index in [2.05, 4.69) is 240 Å². The van der Waals surface area contributed by atoms with Crippen LogP contribution in [0.25, 0.3) is 0 Å². The highest BCUT2D eigenvalue weighted by Crippen LogP contribution is 2.26. The maximum Gasteiger partial charge on any atom is 0.323 e. The number of methoxy groups -OCH3 is 1. The fourth-order valence-electron chi connectivity index (χ4n) is 8.48. The van der Waals surface area contributed by atoms with E-state index in [1.54, 1.807) is 4.90 Å². The Hall–Kier alpha value is -1.34. The minimum atomic E-state index is -0.0681. The Labute approximate surface area is 507 Å². The largest absolute Gasteiger partial charge is 1.00 e. The summed E-state index contributed by atoms with van der Waals surface area (Å²) >= 11 is 0. The summed E-state index contributed by atoms with van der Waals surface area (Å²) in [6, 6.07) is 10.6. The van der Waals surface area contributed by atoms with Gasteiger partial charge in [-0.3, -0.25) is 14.6 Å². The second kappa shape index (κ2) is 41.7. The number of benzene rings is 1. The number of likely N-dealkylation sites (tertiary alicyclic amines) is 2. The van der Waals surface area contributed by atoms with E-state index in [0.29, 0.717) is 37.9 Å². The van der Waals surface area contributed by atoms with E-state index in [9.17, 15) is 4.79 Å². The van der Waals surface area contributed by atoms with Crippen molar-refractivity contribution in [2.45, 2.75) is 221 Å². The van der Waals surface area contributed by atoms with Crippen LogP contribution >= 0.6 is 0 Å². The Morgan fingerprint density at radius 1 is 0.537 bits per heavy atom. The van der Waals surface area contributed by atoms with E-state index in [1.165, 1.54) is 130 Å². The van der Waals surface area contributed by atoms with Crippen molar-refractivity contribution >= 4 is 5.97 Å². The summed E-state index contributed by atoms with van der Waals surface area (Å²) in [5, 5.41) is 0. The van der Waals surface area contributed by atoms with E-state index in [0.717, 1.165) is 58.7 Å². The zero-order chi connectivity index (χ0) is 61.3. The van der Waals surface area contributed by atoms with Gasteiger partial charge in [0.05, 0.1) is 41.0 Å². The van der Waals surface area contributed by atoms with Crippen molar-refractivity contribution in [2.75, 3.05) is 154 Å². The Bertz CT molecular complexity index is 1570. The molecule has 1 unspecified atom stereocenters. The number of nitrogens with one attached hydrogen (secondary N) is 1. The number of quaternary nitrogens is 1. The highest BCUT2D eigenvalue weighted by atomic mass is 35.5. The van der Waals surface area contributed by atoms with E-state index < -0.39 is 0 Å². The monoisotopic (exact) mass is 1150 g/mol. The number of carbonyl (C=O) groups excluding carboxylic acids is 1. The van der Waals surface area contributed by atoms with Crippen LogP contribution in [0, 0.1) is 32.5 Å². The molecule has 4 saturated heterocycles. The van der Waals surface area contributed by atoms with Crippen LogP contribution in [0.1, 0.15) is 215 Å². The van der Waals surface area contributed by atoms with Crippen LogP contribution in [0.4, 0.5) is 0 Å². The van der Waals surface area contributed by atoms with E-state index >= 15 is 0 Å². The summed E-state index contributed by atoms with van der Waals surface area (Å²) in [5.41, 5.74) is 4.51. The average Bonchev–Trinajstić information content (AvgIpc) is 4.04. The smallest absolute Gasteiger partial charge is 0.323 e. The van der Waals surface area contributed by atoms with Gasteiger partial charge in [-0.25, -0.2) is 0 Å². The summed E-state index contributed by atoms with van der Waals surface area (Å²) in [7, 11) is 12.3. The Balaban J connectivity index is -0.000000869. The van der Waals surface area contributed by atoms with Gasteiger partial charge in [0.25, 0.3) is 0 Å². The number of esters is 1. The zero-order valence-corrected chi connectivity index (χ0v) is 59.6.